The number of para-hydroxylation sites is 1. The quantitative estimate of drug-likeness (QED) is 0.739. The van der Waals surface area contributed by atoms with Gasteiger partial charge in [-0.15, -0.1) is 0 Å². The number of nitrogens with one attached hydrogen (secondary N) is 1. The van der Waals surface area contributed by atoms with Gasteiger partial charge in [-0.3, -0.25) is 9.78 Å². The molecular formula is C18H18N2O3. The van der Waals surface area contributed by atoms with Crippen LogP contribution in [0.1, 0.15) is 17.7 Å². The molecule has 1 atom stereocenters. The Kier molecular flexibility index (Phi) is 3.22. The zero-order valence-electron chi connectivity index (χ0n) is 13.2. The van der Waals surface area contributed by atoms with Gasteiger partial charge in [0.1, 0.15) is 11.3 Å². The van der Waals surface area contributed by atoms with E-state index in [1.807, 2.05) is 18.3 Å². The van der Waals surface area contributed by atoms with Gasteiger partial charge in [0, 0.05) is 16.5 Å². The number of methoxy groups -OCH3 is 2. The molecule has 118 valence electrons. The number of aryl methyl sites for hydroxylation is 1. The summed E-state index contributed by atoms with van der Waals surface area (Å²) in [6.45, 7) is 0. The van der Waals surface area contributed by atoms with E-state index in [0.29, 0.717) is 6.42 Å². The normalized spacial score (nSPS) is 17.2. The number of hydrogen-bond acceptors (Lipinski definition) is 4. The van der Waals surface area contributed by atoms with E-state index in [4.69, 9.17) is 9.47 Å². The van der Waals surface area contributed by atoms with Gasteiger partial charge < -0.3 is 14.5 Å². The standard InChI is InChI=1S/C18H18N2O3/c1-22-15-5-3-4-11-16-12-8-10(18(21)23-2)6-7-13(12)20-14(16)9-19-17(11)15/h3-5,9-10,20H,6-8H2,1-2H3. The van der Waals surface area contributed by atoms with E-state index in [0.717, 1.165) is 40.4 Å². The number of esters is 1. The van der Waals surface area contributed by atoms with Gasteiger partial charge in [-0.1, -0.05) is 12.1 Å². The molecule has 1 aromatic carbocycles. The van der Waals surface area contributed by atoms with Gasteiger partial charge in [0.05, 0.1) is 31.9 Å². The summed E-state index contributed by atoms with van der Waals surface area (Å²) in [6, 6.07) is 5.95. The maximum Gasteiger partial charge on any atom is 0.309 e. The molecule has 0 saturated heterocycles. The summed E-state index contributed by atoms with van der Waals surface area (Å²) in [5.41, 5.74) is 4.28. The van der Waals surface area contributed by atoms with Crippen molar-refractivity contribution in [1.29, 1.82) is 0 Å². The van der Waals surface area contributed by atoms with Crippen molar-refractivity contribution in [3.63, 3.8) is 0 Å². The van der Waals surface area contributed by atoms with Crippen LogP contribution in [-0.2, 0) is 22.4 Å². The first-order valence-corrected chi connectivity index (χ1v) is 7.76. The second-order valence-electron chi connectivity index (χ2n) is 5.95. The second kappa shape index (κ2) is 5.26. The molecule has 5 nitrogen and oxygen atoms in total. The van der Waals surface area contributed by atoms with E-state index in [2.05, 4.69) is 16.0 Å². The highest BCUT2D eigenvalue weighted by Gasteiger charge is 2.28. The molecule has 0 aliphatic heterocycles. The number of ether oxygens (including phenoxy) is 2. The maximum atomic E-state index is 11.9. The SMILES string of the molecule is COC(=O)C1CCc2[nH]c3cnc4c(OC)cccc4c3c2C1. The number of carbonyl (C=O) groups is 1. The summed E-state index contributed by atoms with van der Waals surface area (Å²) in [6.07, 6.45) is 4.24. The highest BCUT2D eigenvalue weighted by atomic mass is 16.5. The van der Waals surface area contributed by atoms with Crippen molar-refractivity contribution in [2.24, 2.45) is 5.92 Å². The van der Waals surface area contributed by atoms with Gasteiger partial charge >= 0.3 is 5.97 Å². The molecular weight excluding hydrogens is 292 g/mol. The fourth-order valence-electron chi connectivity index (χ4n) is 3.64. The van der Waals surface area contributed by atoms with Crippen molar-refractivity contribution in [3.8, 4) is 5.75 Å². The molecule has 4 rings (SSSR count). The molecule has 2 aromatic heterocycles. The van der Waals surface area contributed by atoms with Crippen molar-refractivity contribution < 1.29 is 14.3 Å². The van der Waals surface area contributed by atoms with Crippen LogP contribution >= 0.6 is 0 Å². The fourth-order valence-corrected chi connectivity index (χ4v) is 3.64. The summed E-state index contributed by atoms with van der Waals surface area (Å²) < 4.78 is 10.4. The highest BCUT2D eigenvalue weighted by molar-refractivity contribution is 6.08. The Morgan fingerprint density at radius 2 is 2.22 bits per heavy atom. The Bertz CT molecular complexity index is 913. The zero-order valence-corrected chi connectivity index (χ0v) is 13.2. The fraction of sp³-hybridized carbons (Fsp3) is 0.333. The van der Waals surface area contributed by atoms with E-state index in [-0.39, 0.29) is 11.9 Å². The van der Waals surface area contributed by atoms with Crippen LogP contribution in [0.3, 0.4) is 0 Å². The zero-order chi connectivity index (χ0) is 16.0. The summed E-state index contributed by atoms with van der Waals surface area (Å²) in [7, 11) is 3.11. The minimum absolute atomic E-state index is 0.0691. The molecule has 0 saturated carbocycles. The van der Waals surface area contributed by atoms with E-state index in [9.17, 15) is 4.79 Å². The minimum atomic E-state index is -0.124. The van der Waals surface area contributed by atoms with Gasteiger partial charge in [0.15, 0.2) is 0 Å². The summed E-state index contributed by atoms with van der Waals surface area (Å²) in [4.78, 5) is 19.9. The van der Waals surface area contributed by atoms with Gasteiger partial charge in [-0.25, -0.2) is 0 Å². The molecule has 0 radical (unpaired) electrons. The van der Waals surface area contributed by atoms with Crippen molar-refractivity contribution in [1.82, 2.24) is 9.97 Å². The summed E-state index contributed by atoms with van der Waals surface area (Å²) in [5.74, 6) is 0.570. The third kappa shape index (κ3) is 2.07. The van der Waals surface area contributed by atoms with E-state index >= 15 is 0 Å². The predicted molar refractivity (Wildman–Crippen MR) is 87.7 cm³/mol. The Morgan fingerprint density at radius 1 is 1.35 bits per heavy atom. The maximum absolute atomic E-state index is 11.9. The molecule has 23 heavy (non-hydrogen) atoms. The predicted octanol–water partition coefficient (Wildman–Crippen LogP) is 3.00. The third-order valence-corrected chi connectivity index (χ3v) is 4.76. The minimum Gasteiger partial charge on any atom is -0.494 e. The van der Waals surface area contributed by atoms with Crippen LogP contribution in [0.15, 0.2) is 24.4 Å². The van der Waals surface area contributed by atoms with Crippen LogP contribution in [-0.4, -0.2) is 30.2 Å². The first-order valence-electron chi connectivity index (χ1n) is 7.76. The molecule has 2 heterocycles. The van der Waals surface area contributed by atoms with Crippen LogP contribution in [0.5, 0.6) is 5.75 Å². The first kappa shape index (κ1) is 14.1. The highest BCUT2D eigenvalue weighted by Crippen LogP contribution is 2.37. The Morgan fingerprint density at radius 3 is 3.00 bits per heavy atom. The average Bonchev–Trinajstić information content (AvgIpc) is 2.98. The summed E-state index contributed by atoms with van der Waals surface area (Å²) in [5, 5.41) is 2.21. The Labute approximate surface area is 133 Å². The average molecular weight is 310 g/mol. The Hall–Kier alpha value is -2.56. The van der Waals surface area contributed by atoms with Crippen LogP contribution in [0.2, 0.25) is 0 Å². The van der Waals surface area contributed by atoms with Crippen LogP contribution in [0.4, 0.5) is 0 Å². The molecule has 3 aromatic rings. The first-order chi connectivity index (χ1) is 11.2. The smallest absolute Gasteiger partial charge is 0.309 e. The number of pyridine rings is 1. The topological polar surface area (TPSA) is 64.2 Å². The van der Waals surface area contributed by atoms with Gasteiger partial charge in [-0.2, -0.15) is 0 Å². The number of benzene rings is 1. The number of aromatic amines is 1. The van der Waals surface area contributed by atoms with Gasteiger partial charge in [0.25, 0.3) is 0 Å². The molecule has 1 N–H and O–H groups in total. The molecule has 1 aliphatic rings. The third-order valence-electron chi connectivity index (χ3n) is 4.76. The number of carbonyl (C=O) groups excluding carboxylic acids is 1. The molecule has 0 amide bonds. The molecule has 0 spiro atoms. The molecule has 0 fully saturated rings. The van der Waals surface area contributed by atoms with Crippen LogP contribution < -0.4 is 4.74 Å². The van der Waals surface area contributed by atoms with E-state index in [1.165, 1.54) is 18.4 Å². The number of rotatable bonds is 2. The van der Waals surface area contributed by atoms with E-state index < -0.39 is 0 Å². The molecule has 1 unspecified atom stereocenters. The van der Waals surface area contributed by atoms with Crippen molar-refractivity contribution in [2.75, 3.05) is 14.2 Å². The number of hydrogen-bond donors (Lipinski definition) is 1. The van der Waals surface area contributed by atoms with Crippen LogP contribution in [0, 0.1) is 5.92 Å². The van der Waals surface area contributed by atoms with Gasteiger partial charge in [0.2, 0.25) is 0 Å². The monoisotopic (exact) mass is 310 g/mol. The lowest BCUT2D eigenvalue weighted by molar-refractivity contribution is -0.145. The van der Waals surface area contributed by atoms with Crippen molar-refractivity contribution in [3.05, 3.63) is 35.7 Å². The Balaban J connectivity index is 1.95. The van der Waals surface area contributed by atoms with Crippen molar-refractivity contribution >= 4 is 27.8 Å². The van der Waals surface area contributed by atoms with Crippen LogP contribution in [0.25, 0.3) is 21.8 Å². The van der Waals surface area contributed by atoms with Gasteiger partial charge in [-0.05, 0) is 30.9 Å². The lowest BCUT2D eigenvalue weighted by atomic mass is 9.86. The number of nitrogens with zero attached hydrogens (tertiary/aromatic N) is 1. The number of aromatic nitrogens is 2. The number of fused-ring (bicyclic) bond motifs is 5. The molecule has 1 aliphatic carbocycles. The van der Waals surface area contributed by atoms with Crippen molar-refractivity contribution in [2.45, 2.75) is 19.3 Å². The molecule has 0 bridgehead atoms. The lowest BCUT2D eigenvalue weighted by Gasteiger charge is -2.20. The second-order valence-corrected chi connectivity index (χ2v) is 5.95. The van der Waals surface area contributed by atoms with E-state index in [1.54, 1.807) is 7.11 Å². The largest absolute Gasteiger partial charge is 0.494 e. The molecule has 5 heteroatoms. The number of H-pyrrole nitrogens is 1. The lowest BCUT2D eigenvalue weighted by Crippen LogP contribution is -2.23. The summed E-state index contributed by atoms with van der Waals surface area (Å²) >= 11 is 0.